The minimum absolute atomic E-state index is 0.361. The van der Waals surface area contributed by atoms with Gasteiger partial charge in [0.1, 0.15) is 0 Å². The van der Waals surface area contributed by atoms with Crippen LogP contribution in [-0.2, 0) is 0 Å². The lowest BCUT2D eigenvalue weighted by molar-refractivity contribution is 0.294. The SMILES string of the molecule is CC1=CC[C@H](CC=CCCC#N)C1(C)C. The second kappa shape index (κ2) is 5.16. The molecule has 1 rings (SSSR count). The van der Waals surface area contributed by atoms with Gasteiger partial charge in [0, 0.05) is 6.42 Å². The smallest absolute Gasteiger partial charge is 0.0624 e. The Morgan fingerprint density at radius 3 is 2.80 bits per heavy atom. The first-order valence-corrected chi connectivity index (χ1v) is 5.78. The first kappa shape index (κ1) is 12.0. The molecule has 0 aromatic heterocycles. The number of unbranched alkanes of at least 4 members (excludes halogenated alkanes) is 1. The van der Waals surface area contributed by atoms with Crippen molar-refractivity contribution in [2.45, 2.75) is 46.5 Å². The minimum Gasteiger partial charge on any atom is -0.198 e. The molecule has 0 aromatic rings. The molecule has 0 heterocycles. The van der Waals surface area contributed by atoms with Crippen LogP contribution in [0.1, 0.15) is 46.5 Å². The molecule has 0 amide bonds. The van der Waals surface area contributed by atoms with E-state index >= 15 is 0 Å². The zero-order valence-electron chi connectivity index (χ0n) is 10.1. The van der Waals surface area contributed by atoms with Gasteiger partial charge in [-0.1, -0.05) is 37.6 Å². The van der Waals surface area contributed by atoms with Gasteiger partial charge < -0.3 is 0 Å². The van der Waals surface area contributed by atoms with Crippen molar-refractivity contribution < 1.29 is 0 Å². The fraction of sp³-hybridized carbons (Fsp3) is 0.643. The molecule has 1 aliphatic rings. The summed E-state index contributed by atoms with van der Waals surface area (Å²) < 4.78 is 0. The monoisotopic (exact) mass is 203 g/mol. The highest BCUT2D eigenvalue weighted by Crippen LogP contribution is 2.44. The first-order chi connectivity index (χ1) is 7.09. The van der Waals surface area contributed by atoms with E-state index in [9.17, 15) is 0 Å². The first-order valence-electron chi connectivity index (χ1n) is 5.78. The molecule has 1 aliphatic carbocycles. The molecule has 82 valence electrons. The van der Waals surface area contributed by atoms with Crippen molar-refractivity contribution in [2.24, 2.45) is 11.3 Å². The standard InChI is InChI=1S/C14H21N/c1-12-9-10-13(14(12,2)3)8-6-4-5-7-11-15/h4,6,9,13H,5,7-8,10H2,1-3H3/t13-/m0/s1. The molecule has 0 aromatic carbocycles. The van der Waals surface area contributed by atoms with Crippen molar-refractivity contribution >= 4 is 0 Å². The maximum atomic E-state index is 8.40. The van der Waals surface area contributed by atoms with Crippen LogP contribution in [0.15, 0.2) is 23.8 Å². The molecular formula is C14H21N. The van der Waals surface area contributed by atoms with Crippen LogP contribution in [-0.4, -0.2) is 0 Å². The second-order valence-corrected chi connectivity index (χ2v) is 4.95. The largest absolute Gasteiger partial charge is 0.198 e. The van der Waals surface area contributed by atoms with E-state index in [1.807, 2.05) is 0 Å². The molecule has 0 saturated carbocycles. The summed E-state index contributed by atoms with van der Waals surface area (Å²) in [6, 6.07) is 2.16. The number of allylic oxidation sites excluding steroid dienone is 4. The van der Waals surface area contributed by atoms with E-state index in [2.05, 4.69) is 45.1 Å². The molecular weight excluding hydrogens is 182 g/mol. The Balaban J connectivity index is 2.36. The summed E-state index contributed by atoms with van der Waals surface area (Å²) in [5, 5.41) is 8.40. The third-order valence-electron chi connectivity index (χ3n) is 3.76. The number of hydrogen-bond acceptors (Lipinski definition) is 1. The van der Waals surface area contributed by atoms with Crippen LogP contribution in [0, 0.1) is 22.7 Å². The van der Waals surface area contributed by atoms with E-state index in [1.165, 1.54) is 12.0 Å². The van der Waals surface area contributed by atoms with Gasteiger partial charge in [-0.15, -0.1) is 0 Å². The number of hydrogen-bond donors (Lipinski definition) is 0. The normalized spacial score (nSPS) is 24.1. The Bertz CT molecular complexity index is 302. The summed E-state index contributed by atoms with van der Waals surface area (Å²) in [4.78, 5) is 0. The van der Waals surface area contributed by atoms with E-state index in [4.69, 9.17) is 5.26 Å². The molecule has 1 heteroatoms. The molecule has 0 fully saturated rings. The summed E-state index contributed by atoms with van der Waals surface area (Å²) in [5.41, 5.74) is 1.89. The van der Waals surface area contributed by atoms with Gasteiger partial charge in [0.05, 0.1) is 6.07 Å². The average molecular weight is 203 g/mol. The minimum atomic E-state index is 0.361. The topological polar surface area (TPSA) is 23.8 Å². The Morgan fingerprint density at radius 1 is 1.53 bits per heavy atom. The van der Waals surface area contributed by atoms with E-state index in [0.29, 0.717) is 11.8 Å². The summed E-state index contributed by atoms with van der Waals surface area (Å²) in [6.07, 6.45) is 10.7. The lowest BCUT2D eigenvalue weighted by atomic mass is 9.76. The zero-order valence-corrected chi connectivity index (χ0v) is 10.1. The molecule has 0 saturated heterocycles. The Hall–Kier alpha value is -1.03. The number of nitrogens with zero attached hydrogens (tertiary/aromatic N) is 1. The highest BCUT2D eigenvalue weighted by atomic mass is 14.4. The van der Waals surface area contributed by atoms with E-state index < -0.39 is 0 Å². The van der Waals surface area contributed by atoms with Crippen molar-refractivity contribution in [3.8, 4) is 6.07 Å². The average Bonchev–Trinajstić information content (AvgIpc) is 2.44. The predicted molar refractivity (Wildman–Crippen MR) is 64.2 cm³/mol. The van der Waals surface area contributed by atoms with Gasteiger partial charge in [0.2, 0.25) is 0 Å². The second-order valence-electron chi connectivity index (χ2n) is 4.95. The Labute approximate surface area is 93.5 Å². The van der Waals surface area contributed by atoms with Gasteiger partial charge >= 0.3 is 0 Å². The maximum Gasteiger partial charge on any atom is 0.0624 e. The van der Waals surface area contributed by atoms with Crippen LogP contribution in [0.3, 0.4) is 0 Å². The fourth-order valence-electron chi connectivity index (χ4n) is 2.12. The highest BCUT2D eigenvalue weighted by molar-refractivity contribution is 5.18. The molecule has 0 aliphatic heterocycles. The number of rotatable bonds is 4. The highest BCUT2D eigenvalue weighted by Gasteiger charge is 2.33. The van der Waals surface area contributed by atoms with Crippen LogP contribution >= 0.6 is 0 Å². The van der Waals surface area contributed by atoms with Crippen molar-refractivity contribution in [3.05, 3.63) is 23.8 Å². The summed E-state index contributed by atoms with van der Waals surface area (Å²) >= 11 is 0. The fourth-order valence-corrected chi connectivity index (χ4v) is 2.12. The van der Waals surface area contributed by atoms with E-state index in [0.717, 1.165) is 18.8 Å². The predicted octanol–water partition coefficient (Wildman–Crippen LogP) is 4.23. The molecule has 0 unspecified atom stereocenters. The van der Waals surface area contributed by atoms with Crippen molar-refractivity contribution in [1.82, 2.24) is 0 Å². The van der Waals surface area contributed by atoms with Gasteiger partial charge in [0.25, 0.3) is 0 Å². The lowest BCUT2D eigenvalue weighted by Crippen LogP contribution is -2.19. The van der Waals surface area contributed by atoms with Gasteiger partial charge in [-0.3, -0.25) is 0 Å². The summed E-state index contributed by atoms with van der Waals surface area (Å²) in [7, 11) is 0. The maximum absolute atomic E-state index is 8.40. The molecule has 0 radical (unpaired) electrons. The third kappa shape index (κ3) is 2.96. The Kier molecular flexibility index (Phi) is 4.15. The van der Waals surface area contributed by atoms with Crippen LogP contribution in [0.5, 0.6) is 0 Å². The molecule has 0 bridgehead atoms. The quantitative estimate of drug-likeness (QED) is 0.495. The summed E-state index contributed by atoms with van der Waals surface area (Å²) in [6.45, 7) is 6.90. The van der Waals surface area contributed by atoms with Crippen LogP contribution in [0.4, 0.5) is 0 Å². The van der Waals surface area contributed by atoms with Gasteiger partial charge in [0.15, 0.2) is 0 Å². The van der Waals surface area contributed by atoms with E-state index in [1.54, 1.807) is 0 Å². The molecule has 0 spiro atoms. The van der Waals surface area contributed by atoms with Crippen molar-refractivity contribution in [1.29, 1.82) is 5.26 Å². The molecule has 0 N–H and O–H groups in total. The third-order valence-corrected chi connectivity index (χ3v) is 3.76. The van der Waals surface area contributed by atoms with Gasteiger partial charge in [-0.25, -0.2) is 0 Å². The van der Waals surface area contributed by atoms with Gasteiger partial charge in [-0.05, 0) is 37.5 Å². The van der Waals surface area contributed by atoms with Crippen LogP contribution in [0.2, 0.25) is 0 Å². The Morgan fingerprint density at radius 2 is 2.27 bits per heavy atom. The lowest BCUT2D eigenvalue weighted by Gasteiger charge is -2.28. The van der Waals surface area contributed by atoms with Crippen LogP contribution < -0.4 is 0 Å². The zero-order chi connectivity index (χ0) is 11.3. The van der Waals surface area contributed by atoms with Crippen LogP contribution in [0.25, 0.3) is 0 Å². The molecule has 1 nitrogen and oxygen atoms in total. The van der Waals surface area contributed by atoms with E-state index in [-0.39, 0.29) is 0 Å². The summed E-state index contributed by atoms with van der Waals surface area (Å²) in [5.74, 6) is 0.746. The van der Waals surface area contributed by atoms with Crippen molar-refractivity contribution in [2.75, 3.05) is 0 Å². The van der Waals surface area contributed by atoms with Crippen molar-refractivity contribution in [3.63, 3.8) is 0 Å². The molecule has 1 atom stereocenters. The number of nitriles is 1. The molecule has 15 heavy (non-hydrogen) atoms. The van der Waals surface area contributed by atoms with Gasteiger partial charge in [-0.2, -0.15) is 5.26 Å².